The first-order chi connectivity index (χ1) is 11.5. The molecule has 0 saturated heterocycles. The van der Waals surface area contributed by atoms with Crippen molar-refractivity contribution >= 4 is 29.4 Å². The van der Waals surface area contributed by atoms with Crippen LogP contribution in [-0.4, -0.2) is 0 Å². The van der Waals surface area contributed by atoms with Gasteiger partial charge >= 0.3 is 0 Å². The Morgan fingerprint density at radius 3 is 1.54 bits per heavy atom. The van der Waals surface area contributed by atoms with Crippen LogP contribution in [-0.2, 0) is 10.7 Å². The largest absolute Gasteiger partial charge is 0.313 e. The van der Waals surface area contributed by atoms with Gasteiger partial charge in [-0.1, -0.05) is 23.7 Å². The van der Waals surface area contributed by atoms with E-state index in [1.807, 2.05) is 12.1 Å². The molecular formula is C19H14ClF2OP. The highest BCUT2D eigenvalue weighted by atomic mass is 35.5. The van der Waals surface area contributed by atoms with Crippen molar-refractivity contribution in [3.8, 4) is 0 Å². The summed E-state index contributed by atoms with van der Waals surface area (Å²) in [6.07, 6.45) is 0.251. The number of hydrogen-bond donors (Lipinski definition) is 0. The first-order valence-corrected chi connectivity index (χ1v) is 9.60. The van der Waals surface area contributed by atoms with E-state index in [9.17, 15) is 13.3 Å². The van der Waals surface area contributed by atoms with Crippen LogP contribution in [0.4, 0.5) is 8.78 Å². The summed E-state index contributed by atoms with van der Waals surface area (Å²) in [5.74, 6) is -0.785. The van der Waals surface area contributed by atoms with Crippen LogP contribution in [0.25, 0.3) is 0 Å². The molecule has 0 bridgehead atoms. The van der Waals surface area contributed by atoms with Crippen molar-refractivity contribution in [1.29, 1.82) is 0 Å². The average Bonchev–Trinajstić information content (AvgIpc) is 2.58. The van der Waals surface area contributed by atoms with Crippen molar-refractivity contribution in [2.45, 2.75) is 6.16 Å². The maximum absolute atomic E-state index is 13.8. The quantitative estimate of drug-likeness (QED) is 0.588. The van der Waals surface area contributed by atoms with Gasteiger partial charge in [0.15, 0.2) is 0 Å². The first kappa shape index (κ1) is 16.9. The van der Waals surface area contributed by atoms with Crippen LogP contribution in [0.5, 0.6) is 0 Å². The van der Waals surface area contributed by atoms with E-state index >= 15 is 0 Å². The van der Waals surface area contributed by atoms with E-state index in [-0.39, 0.29) is 6.16 Å². The highest BCUT2D eigenvalue weighted by molar-refractivity contribution is 7.78. The predicted molar refractivity (Wildman–Crippen MR) is 94.8 cm³/mol. The minimum Gasteiger partial charge on any atom is -0.313 e. The maximum Gasteiger partial charge on any atom is 0.147 e. The molecule has 0 fully saturated rings. The van der Waals surface area contributed by atoms with E-state index in [4.69, 9.17) is 11.6 Å². The third-order valence-corrected chi connectivity index (χ3v) is 7.13. The van der Waals surface area contributed by atoms with Gasteiger partial charge in [0.25, 0.3) is 0 Å². The molecule has 0 aliphatic rings. The van der Waals surface area contributed by atoms with Gasteiger partial charge in [-0.25, -0.2) is 8.78 Å². The highest BCUT2D eigenvalue weighted by Crippen LogP contribution is 2.47. The molecule has 0 saturated carbocycles. The Morgan fingerprint density at radius 1 is 0.708 bits per heavy atom. The molecule has 24 heavy (non-hydrogen) atoms. The summed E-state index contributed by atoms with van der Waals surface area (Å²) in [6, 6.07) is 18.3. The normalized spacial score (nSPS) is 11.5. The van der Waals surface area contributed by atoms with E-state index < -0.39 is 18.8 Å². The van der Waals surface area contributed by atoms with Gasteiger partial charge in [0.2, 0.25) is 0 Å². The Hall–Kier alpha value is -1.96. The molecular weight excluding hydrogens is 349 g/mol. The van der Waals surface area contributed by atoms with Crippen LogP contribution in [0, 0.1) is 11.6 Å². The van der Waals surface area contributed by atoms with Crippen LogP contribution >= 0.6 is 18.7 Å². The summed E-state index contributed by atoms with van der Waals surface area (Å²) >= 11 is 5.90. The molecule has 0 spiro atoms. The standard InChI is InChI=1S/C19H14ClF2OP/c20-15-3-1-14(2-4-15)13-24(23,18-9-5-16(21)6-10-18)19-11-7-17(22)8-12-19/h1-12H,13H2. The molecule has 5 heteroatoms. The molecule has 1 nitrogen and oxygen atoms in total. The molecule has 122 valence electrons. The lowest BCUT2D eigenvalue weighted by molar-refractivity contribution is 0.586. The van der Waals surface area contributed by atoms with Gasteiger partial charge in [-0.3, -0.25) is 0 Å². The van der Waals surface area contributed by atoms with Gasteiger partial charge in [0, 0.05) is 21.8 Å². The molecule has 3 aromatic rings. The average molecular weight is 363 g/mol. The zero-order valence-electron chi connectivity index (χ0n) is 12.6. The molecule has 0 atom stereocenters. The van der Waals surface area contributed by atoms with Crippen LogP contribution < -0.4 is 10.6 Å². The van der Waals surface area contributed by atoms with Crippen LogP contribution in [0.15, 0.2) is 72.8 Å². The molecule has 0 amide bonds. The van der Waals surface area contributed by atoms with Crippen LogP contribution in [0.3, 0.4) is 0 Å². The van der Waals surface area contributed by atoms with E-state index in [2.05, 4.69) is 0 Å². The Labute approximate surface area is 144 Å². The summed E-state index contributed by atoms with van der Waals surface area (Å²) in [6.45, 7) is 0. The fourth-order valence-electron chi connectivity index (χ4n) is 2.54. The molecule has 0 N–H and O–H groups in total. The highest BCUT2D eigenvalue weighted by Gasteiger charge is 2.27. The third kappa shape index (κ3) is 3.58. The van der Waals surface area contributed by atoms with Gasteiger partial charge in [0.05, 0.1) is 0 Å². The van der Waals surface area contributed by atoms with E-state index in [0.717, 1.165) is 5.56 Å². The van der Waals surface area contributed by atoms with Crippen molar-refractivity contribution in [3.05, 3.63) is 95.0 Å². The number of rotatable bonds is 4. The number of benzene rings is 3. The van der Waals surface area contributed by atoms with E-state index in [1.165, 1.54) is 48.5 Å². The van der Waals surface area contributed by atoms with Crippen molar-refractivity contribution in [2.75, 3.05) is 0 Å². The summed E-state index contributed by atoms with van der Waals surface area (Å²) in [5, 5.41) is 1.66. The van der Waals surface area contributed by atoms with E-state index in [1.54, 1.807) is 12.1 Å². The van der Waals surface area contributed by atoms with Gasteiger partial charge in [-0.05, 0) is 66.2 Å². The SMILES string of the molecule is O=P(Cc1ccc(Cl)cc1)(c1ccc(F)cc1)c1ccc(F)cc1. The summed E-state index contributed by atoms with van der Waals surface area (Å²) in [5.41, 5.74) is 0.844. The Morgan fingerprint density at radius 2 is 1.12 bits per heavy atom. The van der Waals surface area contributed by atoms with Crippen LogP contribution in [0.2, 0.25) is 5.02 Å². The monoisotopic (exact) mass is 362 g/mol. The molecule has 0 radical (unpaired) electrons. The van der Waals surface area contributed by atoms with Crippen molar-refractivity contribution in [2.24, 2.45) is 0 Å². The van der Waals surface area contributed by atoms with Crippen molar-refractivity contribution < 1.29 is 13.3 Å². The first-order valence-electron chi connectivity index (χ1n) is 7.33. The van der Waals surface area contributed by atoms with Crippen molar-refractivity contribution in [1.82, 2.24) is 0 Å². The second-order valence-corrected chi connectivity index (χ2v) is 8.74. The maximum atomic E-state index is 13.8. The molecule has 0 heterocycles. The van der Waals surface area contributed by atoms with Gasteiger partial charge in [0.1, 0.15) is 18.8 Å². The summed E-state index contributed by atoms with van der Waals surface area (Å²) < 4.78 is 40.3. The summed E-state index contributed by atoms with van der Waals surface area (Å²) in [4.78, 5) is 0. The predicted octanol–water partition coefficient (Wildman–Crippen LogP) is 5.13. The number of halogens is 3. The second-order valence-electron chi connectivity index (χ2n) is 5.48. The van der Waals surface area contributed by atoms with Crippen molar-refractivity contribution in [3.63, 3.8) is 0 Å². The Balaban J connectivity index is 2.09. The molecule has 0 aliphatic carbocycles. The third-order valence-electron chi connectivity index (χ3n) is 3.81. The zero-order valence-corrected chi connectivity index (χ0v) is 14.3. The topological polar surface area (TPSA) is 17.1 Å². The van der Waals surface area contributed by atoms with Gasteiger partial charge < -0.3 is 4.57 Å². The Kier molecular flexibility index (Phi) is 4.84. The van der Waals surface area contributed by atoms with Crippen LogP contribution in [0.1, 0.15) is 5.56 Å². The molecule has 0 unspecified atom stereocenters. The van der Waals surface area contributed by atoms with Gasteiger partial charge in [-0.15, -0.1) is 0 Å². The molecule has 0 aliphatic heterocycles. The lowest BCUT2D eigenvalue weighted by Crippen LogP contribution is -2.18. The van der Waals surface area contributed by atoms with E-state index in [0.29, 0.717) is 15.6 Å². The minimum absolute atomic E-state index is 0.251. The lowest BCUT2D eigenvalue weighted by atomic mass is 10.2. The lowest BCUT2D eigenvalue weighted by Gasteiger charge is -2.19. The summed E-state index contributed by atoms with van der Waals surface area (Å²) in [7, 11) is -3.08. The minimum atomic E-state index is -3.08. The van der Waals surface area contributed by atoms with Gasteiger partial charge in [-0.2, -0.15) is 0 Å². The smallest absolute Gasteiger partial charge is 0.147 e. The molecule has 3 aromatic carbocycles. The zero-order chi connectivity index (χ0) is 17.2. The molecule has 3 rings (SSSR count). The fourth-order valence-corrected chi connectivity index (χ4v) is 5.32. The number of hydrogen-bond acceptors (Lipinski definition) is 1. The fraction of sp³-hybridized carbons (Fsp3) is 0.0526. The molecule has 0 aromatic heterocycles. The second kappa shape index (κ2) is 6.88. The Bertz CT molecular complexity index is 825.